The highest BCUT2D eigenvalue weighted by Gasteiger charge is 2.23. The average molecular weight is 393 g/mol. The number of carboxylic acid groups (broad SMARTS) is 2. The van der Waals surface area contributed by atoms with Gasteiger partial charge in [0.15, 0.2) is 0 Å². The summed E-state index contributed by atoms with van der Waals surface area (Å²) in [7, 11) is 4.30. The third-order valence-corrected chi connectivity index (χ3v) is 4.83. The molecule has 1 aliphatic carbocycles. The van der Waals surface area contributed by atoms with E-state index in [2.05, 4.69) is 74.1 Å². The number of benzene rings is 2. The number of rotatable bonds is 5. The fourth-order valence-electron chi connectivity index (χ4n) is 3.46. The molecule has 152 valence electrons. The van der Waals surface area contributed by atoms with Gasteiger partial charge in [0, 0.05) is 12.2 Å². The summed E-state index contributed by atoms with van der Waals surface area (Å²) >= 11 is 0. The van der Waals surface area contributed by atoms with Gasteiger partial charge in [-0.15, -0.1) is 0 Å². The van der Waals surface area contributed by atoms with E-state index in [1.807, 2.05) is 0 Å². The highest BCUT2D eigenvalue weighted by atomic mass is 16.4. The Morgan fingerprint density at radius 1 is 1.00 bits per heavy atom. The van der Waals surface area contributed by atoms with Gasteiger partial charge in [0.05, 0.1) is 0 Å². The minimum atomic E-state index is -1.26. The van der Waals surface area contributed by atoms with E-state index in [1.165, 1.54) is 34.2 Å². The van der Waals surface area contributed by atoms with Crippen molar-refractivity contribution in [2.75, 3.05) is 20.6 Å². The van der Waals surface area contributed by atoms with Crippen LogP contribution < -0.4 is 0 Å². The summed E-state index contributed by atoms with van der Waals surface area (Å²) in [6.45, 7) is 5.49. The third kappa shape index (κ3) is 6.43. The van der Waals surface area contributed by atoms with Gasteiger partial charge in [0.1, 0.15) is 0 Å². The number of nitrogens with zero attached hydrogens (tertiary/aromatic N) is 1. The number of carboxylic acids is 2. The molecule has 5 heteroatoms. The highest BCUT2D eigenvalue weighted by molar-refractivity contribution is 5.89. The van der Waals surface area contributed by atoms with Gasteiger partial charge in [-0.1, -0.05) is 55.1 Å². The van der Waals surface area contributed by atoms with Crippen molar-refractivity contribution in [2.24, 2.45) is 0 Å². The van der Waals surface area contributed by atoms with E-state index in [0.717, 1.165) is 13.0 Å². The van der Waals surface area contributed by atoms with Crippen LogP contribution >= 0.6 is 0 Å². The lowest BCUT2D eigenvalue weighted by atomic mass is 9.88. The first-order chi connectivity index (χ1) is 13.8. The molecule has 0 spiro atoms. The van der Waals surface area contributed by atoms with E-state index in [9.17, 15) is 9.59 Å². The summed E-state index contributed by atoms with van der Waals surface area (Å²) in [5.74, 6) is -1.94. The summed E-state index contributed by atoms with van der Waals surface area (Å²) in [5.41, 5.74) is 6.71. The monoisotopic (exact) mass is 393 g/mol. The van der Waals surface area contributed by atoms with E-state index in [1.54, 1.807) is 0 Å². The van der Waals surface area contributed by atoms with Gasteiger partial charge in [0.25, 0.3) is 0 Å². The highest BCUT2D eigenvalue weighted by Crippen LogP contribution is 2.38. The smallest absolute Gasteiger partial charge is 0.328 e. The molecule has 0 aromatic heterocycles. The molecule has 0 saturated carbocycles. The maximum Gasteiger partial charge on any atom is 0.328 e. The number of hydrogen-bond acceptors (Lipinski definition) is 3. The molecule has 0 bridgehead atoms. The molecule has 1 unspecified atom stereocenters. The zero-order chi connectivity index (χ0) is 21.4. The van der Waals surface area contributed by atoms with Crippen LogP contribution in [0.5, 0.6) is 0 Å². The predicted octanol–water partition coefficient (Wildman–Crippen LogP) is 4.05. The van der Waals surface area contributed by atoms with Gasteiger partial charge >= 0.3 is 11.9 Å². The molecule has 0 aliphatic heterocycles. The molecule has 2 aromatic rings. The maximum absolute atomic E-state index is 9.55. The van der Waals surface area contributed by atoms with Gasteiger partial charge in [-0.05, 0) is 67.2 Å². The summed E-state index contributed by atoms with van der Waals surface area (Å²) in [6, 6.07) is 17.5. The SMILES string of the molecule is C=C1c2ccccc2CC(CCN(C)C)c2ccccc21.O=C(O)C=CC(=O)O. The molecule has 0 fully saturated rings. The molecule has 29 heavy (non-hydrogen) atoms. The molecule has 1 atom stereocenters. The van der Waals surface area contributed by atoms with Crippen molar-refractivity contribution >= 4 is 17.5 Å². The molecule has 5 nitrogen and oxygen atoms in total. The van der Waals surface area contributed by atoms with Gasteiger partial charge in [-0.2, -0.15) is 0 Å². The van der Waals surface area contributed by atoms with Crippen LogP contribution in [0.1, 0.15) is 34.6 Å². The van der Waals surface area contributed by atoms with Gasteiger partial charge in [-0.25, -0.2) is 9.59 Å². The molecular formula is C24H27NO4. The van der Waals surface area contributed by atoms with Crippen LogP contribution in [0.25, 0.3) is 5.57 Å². The van der Waals surface area contributed by atoms with Crippen LogP contribution in [-0.4, -0.2) is 47.7 Å². The maximum atomic E-state index is 9.55. The minimum Gasteiger partial charge on any atom is -0.478 e. The van der Waals surface area contributed by atoms with E-state index >= 15 is 0 Å². The van der Waals surface area contributed by atoms with Gasteiger partial charge in [-0.3, -0.25) is 0 Å². The first-order valence-corrected chi connectivity index (χ1v) is 9.44. The van der Waals surface area contributed by atoms with Crippen LogP contribution in [-0.2, 0) is 16.0 Å². The van der Waals surface area contributed by atoms with Crippen LogP contribution in [0.2, 0.25) is 0 Å². The number of aliphatic carboxylic acids is 2. The molecule has 3 rings (SSSR count). The van der Waals surface area contributed by atoms with Crippen molar-refractivity contribution < 1.29 is 19.8 Å². The average Bonchev–Trinajstić information content (AvgIpc) is 2.81. The summed E-state index contributed by atoms with van der Waals surface area (Å²) in [6.07, 6.45) is 3.41. The predicted molar refractivity (Wildman–Crippen MR) is 115 cm³/mol. The third-order valence-electron chi connectivity index (χ3n) is 4.83. The van der Waals surface area contributed by atoms with Crippen molar-refractivity contribution in [3.63, 3.8) is 0 Å². The largest absolute Gasteiger partial charge is 0.478 e. The second kappa shape index (κ2) is 10.4. The Bertz CT molecular complexity index is 899. The Morgan fingerprint density at radius 3 is 2.14 bits per heavy atom. The Hall–Kier alpha value is -3.18. The van der Waals surface area contributed by atoms with Crippen molar-refractivity contribution in [2.45, 2.75) is 18.8 Å². The topological polar surface area (TPSA) is 77.8 Å². The quantitative estimate of drug-likeness (QED) is 0.750. The van der Waals surface area contributed by atoms with Gasteiger partial charge in [0.2, 0.25) is 0 Å². The normalized spacial score (nSPS) is 15.1. The van der Waals surface area contributed by atoms with E-state index in [4.69, 9.17) is 10.2 Å². The standard InChI is InChI=1S/C20H23N.C4H4O4/c1-15-18-9-5-4-8-16(18)14-17(12-13-21(2)3)20-11-7-6-10-19(15)20;5-3(6)1-2-4(7)8/h4-11,17H,1,12-14H2,2-3H3;1-2H,(H,5,6)(H,7,8). The van der Waals surface area contributed by atoms with E-state index in [0.29, 0.717) is 18.1 Å². The first kappa shape index (κ1) is 22.1. The number of carbonyl (C=O) groups is 2. The Morgan fingerprint density at radius 2 is 1.55 bits per heavy atom. The summed E-state index contributed by atoms with van der Waals surface area (Å²) in [5, 5.41) is 15.6. The summed E-state index contributed by atoms with van der Waals surface area (Å²) in [4.78, 5) is 21.4. The van der Waals surface area contributed by atoms with Crippen LogP contribution in [0.3, 0.4) is 0 Å². The number of fused-ring (bicyclic) bond motifs is 2. The fraction of sp³-hybridized carbons (Fsp3) is 0.250. The zero-order valence-corrected chi connectivity index (χ0v) is 16.8. The zero-order valence-electron chi connectivity index (χ0n) is 16.8. The van der Waals surface area contributed by atoms with Crippen molar-refractivity contribution in [1.82, 2.24) is 4.90 Å². The molecule has 2 N–H and O–H groups in total. The second-order valence-electron chi connectivity index (χ2n) is 7.23. The fourth-order valence-corrected chi connectivity index (χ4v) is 3.46. The van der Waals surface area contributed by atoms with Gasteiger partial charge < -0.3 is 15.1 Å². The van der Waals surface area contributed by atoms with Crippen LogP contribution in [0.4, 0.5) is 0 Å². The molecular weight excluding hydrogens is 366 g/mol. The van der Waals surface area contributed by atoms with Crippen LogP contribution in [0.15, 0.2) is 67.3 Å². The summed E-state index contributed by atoms with van der Waals surface area (Å²) < 4.78 is 0. The molecule has 0 saturated heterocycles. The van der Waals surface area contributed by atoms with Crippen LogP contribution in [0, 0.1) is 0 Å². The molecule has 0 heterocycles. The van der Waals surface area contributed by atoms with E-state index in [-0.39, 0.29) is 0 Å². The molecule has 2 aromatic carbocycles. The Labute approximate surface area is 171 Å². The minimum absolute atomic E-state index is 0.558. The van der Waals surface area contributed by atoms with Crippen molar-refractivity contribution in [1.29, 1.82) is 0 Å². The lowest BCUT2D eigenvalue weighted by molar-refractivity contribution is -0.134. The molecule has 0 radical (unpaired) electrons. The lowest BCUT2D eigenvalue weighted by Gasteiger charge is -2.20. The second-order valence-corrected chi connectivity index (χ2v) is 7.23. The first-order valence-electron chi connectivity index (χ1n) is 9.44. The van der Waals surface area contributed by atoms with Crippen molar-refractivity contribution in [3.8, 4) is 0 Å². The number of hydrogen-bond donors (Lipinski definition) is 2. The Kier molecular flexibility index (Phi) is 7.92. The lowest BCUT2D eigenvalue weighted by Crippen LogP contribution is -2.17. The molecule has 1 aliphatic rings. The molecule has 0 amide bonds. The Balaban J connectivity index is 0.000000321. The van der Waals surface area contributed by atoms with Crippen molar-refractivity contribution in [3.05, 3.63) is 89.5 Å². The van der Waals surface area contributed by atoms with E-state index < -0.39 is 11.9 Å².